The number of pyridine rings is 1. The van der Waals surface area contributed by atoms with E-state index < -0.39 is 24.3 Å². The van der Waals surface area contributed by atoms with E-state index in [9.17, 15) is 31.1 Å². The number of nitriles is 1. The molecule has 2 aliphatic heterocycles. The van der Waals surface area contributed by atoms with Gasteiger partial charge in [-0.2, -0.15) is 31.6 Å². The van der Waals surface area contributed by atoms with Gasteiger partial charge in [0.25, 0.3) is 5.91 Å². The Morgan fingerprint density at radius 1 is 1.05 bits per heavy atom. The van der Waals surface area contributed by atoms with Crippen molar-refractivity contribution in [2.45, 2.75) is 30.7 Å². The number of benzene rings is 1. The molecule has 1 atom stereocenters. The van der Waals surface area contributed by atoms with E-state index in [1.165, 1.54) is 0 Å². The standard InChI is InChI=1S/C22H24N4O2.2C2HF3O2/c1-25-10-8-18(14-28-20-7-2-3-9-24-20)12-22(25)15-26(16-22)21(27)19-6-4-5-17(11-19)13-23;2*3-2(4,5)1(6)7/h2-7,9,11,18H,8,10,12,14-16H2,1H3;2*(H,6,7). The first-order valence-corrected chi connectivity index (χ1v) is 12.1. The van der Waals surface area contributed by atoms with Gasteiger partial charge in [0, 0.05) is 30.9 Å². The Hall–Kier alpha value is -4.39. The largest absolute Gasteiger partial charge is 0.490 e. The van der Waals surface area contributed by atoms with Gasteiger partial charge < -0.3 is 19.8 Å². The highest BCUT2D eigenvalue weighted by Gasteiger charge is 2.51. The van der Waals surface area contributed by atoms with Crippen LogP contribution >= 0.6 is 0 Å². The summed E-state index contributed by atoms with van der Waals surface area (Å²) in [6.45, 7) is 3.10. The van der Waals surface area contributed by atoms with E-state index in [2.05, 4.69) is 23.0 Å². The van der Waals surface area contributed by atoms with E-state index in [1.807, 2.05) is 23.1 Å². The zero-order valence-corrected chi connectivity index (χ0v) is 22.0. The Morgan fingerprint density at radius 2 is 1.64 bits per heavy atom. The quantitative estimate of drug-likeness (QED) is 0.498. The molecule has 2 fully saturated rings. The van der Waals surface area contributed by atoms with E-state index in [0.29, 0.717) is 29.5 Å². The van der Waals surface area contributed by atoms with E-state index in [-0.39, 0.29) is 11.4 Å². The summed E-state index contributed by atoms with van der Waals surface area (Å²) in [6, 6.07) is 14.7. The van der Waals surface area contributed by atoms with Crippen LogP contribution in [-0.4, -0.2) is 94.0 Å². The molecule has 0 radical (unpaired) electrons. The highest BCUT2D eigenvalue weighted by atomic mass is 19.4. The van der Waals surface area contributed by atoms with Crippen LogP contribution in [0.1, 0.15) is 28.8 Å². The van der Waals surface area contributed by atoms with Gasteiger partial charge >= 0.3 is 24.3 Å². The van der Waals surface area contributed by atoms with E-state index in [1.54, 1.807) is 30.5 Å². The second kappa shape index (κ2) is 14.0. The average molecular weight is 605 g/mol. The summed E-state index contributed by atoms with van der Waals surface area (Å²) in [5.41, 5.74) is 1.13. The van der Waals surface area contributed by atoms with Gasteiger partial charge in [0.2, 0.25) is 5.88 Å². The Bertz CT molecular complexity index is 1250. The zero-order valence-electron chi connectivity index (χ0n) is 22.0. The van der Waals surface area contributed by atoms with Crippen molar-refractivity contribution in [3.05, 3.63) is 59.8 Å². The number of ether oxygens (including phenoxy) is 1. The molecule has 1 aromatic carbocycles. The van der Waals surface area contributed by atoms with E-state index in [0.717, 1.165) is 32.5 Å². The molecule has 0 bridgehead atoms. The summed E-state index contributed by atoms with van der Waals surface area (Å²) in [4.78, 5) is 39.1. The lowest BCUT2D eigenvalue weighted by atomic mass is 9.75. The smallest absolute Gasteiger partial charge is 0.477 e. The fourth-order valence-corrected chi connectivity index (χ4v) is 4.27. The van der Waals surface area contributed by atoms with Crippen LogP contribution in [0.2, 0.25) is 0 Å². The number of halogens is 6. The third kappa shape index (κ3) is 9.61. The van der Waals surface area contributed by atoms with Gasteiger partial charge in [-0.25, -0.2) is 14.6 Å². The average Bonchev–Trinajstić information content (AvgIpc) is 2.91. The van der Waals surface area contributed by atoms with E-state index in [4.69, 9.17) is 29.8 Å². The monoisotopic (exact) mass is 604 g/mol. The molecule has 2 saturated heterocycles. The maximum atomic E-state index is 12.8. The fourth-order valence-electron chi connectivity index (χ4n) is 4.27. The number of carbonyl (C=O) groups is 3. The van der Waals surface area contributed by atoms with E-state index >= 15 is 0 Å². The van der Waals surface area contributed by atoms with Crippen molar-refractivity contribution in [3.8, 4) is 11.9 Å². The Labute approximate surface area is 235 Å². The lowest BCUT2D eigenvalue weighted by molar-refractivity contribution is -0.193. The highest BCUT2D eigenvalue weighted by Crippen LogP contribution is 2.39. The maximum Gasteiger partial charge on any atom is 0.490 e. The summed E-state index contributed by atoms with van der Waals surface area (Å²) in [5, 5.41) is 23.3. The maximum absolute atomic E-state index is 12.8. The van der Waals surface area contributed by atoms with Crippen molar-refractivity contribution >= 4 is 17.8 Å². The van der Waals surface area contributed by atoms with Gasteiger partial charge in [0.1, 0.15) is 0 Å². The number of likely N-dealkylation sites (tertiary alicyclic amines) is 2. The summed E-state index contributed by atoms with van der Waals surface area (Å²) in [5.74, 6) is -4.39. The predicted octanol–water partition coefficient (Wildman–Crippen LogP) is 3.84. The summed E-state index contributed by atoms with van der Waals surface area (Å²) < 4.78 is 69.3. The summed E-state index contributed by atoms with van der Waals surface area (Å²) >= 11 is 0. The van der Waals surface area contributed by atoms with Crippen LogP contribution in [0.3, 0.4) is 0 Å². The number of rotatable bonds is 4. The second-order valence-corrected chi connectivity index (χ2v) is 9.44. The number of aromatic nitrogens is 1. The van der Waals surface area contributed by atoms with Crippen LogP contribution in [-0.2, 0) is 9.59 Å². The minimum absolute atomic E-state index is 0.00276. The third-order valence-corrected chi connectivity index (χ3v) is 6.44. The number of aliphatic carboxylic acids is 2. The van der Waals surface area contributed by atoms with Crippen molar-refractivity contribution in [2.24, 2.45) is 5.92 Å². The Morgan fingerprint density at radius 3 is 2.14 bits per heavy atom. The Balaban J connectivity index is 0.000000367. The van der Waals surface area contributed by atoms with Gasteiger partial charge in [0.05, 0.1) is 23.8 Å². The van der Waals surface area contributed by atoms with Crippen LogP contribution in [0.25, 0.3) is 0 Å². The summed E-state index contributed by atoms with van der Waals surface area (Å²) in [7, 11) is 2.15. The van der Waals surface area contributed by atoms with Gasteiger partial charge in [-0.1, -0.05) is 12.1 Å². The molecule has 3 heterocycles. The molecule has 0 aliphatic carbocycles. The molecule has 1 unspecified atom stereocenters. The molecule has 1 aromatic heterocycles. The lowest BCUT2D eigenvalue weighted by Gasteiger charge is -2.58. The predicted molar refractivity (Wildman–Crippen MR) is 132 cm³/mol. The van der Waals surface area contributed by atoms with Crippen LogP contribution in [0, 0.1) is 17.2 Å². The minimum atomic E-state index is -5.08. The first kappa shape index (κ1) is 33.8. The molecule has 16 heteroatoms. The number of carboxylic acid groups (broad SMARTS) is 2. The van der Waals surface area contributed by atoms with Crippen LogP contribution in [0.5, 0.6) is 5.88 Å². The SMILES string of the molecule is CN1CCC(COc2ccccn2)CC12CN(C(=O)c1cccc(C#N)c1)C2.O=C(O)C(F)(F)F.O=C(O)C(F)(F)F. The normalized spacial score (nSPS) is 17.8. The minimum Gasteiger partial charge on any atom is -0.477 e. The Kier molecular flexibility index (Phi) is 11.3. The second-order valence-electron chi connectivity index (χ2n) is 9.44. The van der Waals surface area contributed by atoms with Gasteiger partial charge in [0.15, 0.2) is 0 Å². The van der Waals surface area contributed by atoms with Crippen LogP contribution in [0.4, 0.5) is 26.3 Å². The zero-order chi connectivity index (χ0) is 31.7. The molecule has 42 heavy (non-hydrogen) atoms. The van der Waals surface area contributed by atoms with Crippen LogP contribution < -0.4 is 4.74 Å². The molecule has 2 N–H and O–H groups in total. The number of alkyl halides is 6. The van der Waals surface area contributed by atoms with Crippen molar-refractivity contribution in [2.75, 3.05) is 33.3 Å². The topological polar surface area (TPSA) is 144 Å². The fraction of sp³-hybridized carbons (Fsp3) is 0.423. The molecule has 1 amide bonds. The summed E-state index contributed by atoms with van der Waals surface area (Å²) in [6.07, 6.45) is -6.33. The van der Waals surface area contributed by atoms with Gasteiger partial charge in [-0.05, 0) is 56.6 Å². The highest BCUT2D eigenvalue weighted by molar-refractivity contribution is 5.95. The van der Waals surface area contributed by atoms with Crippen molar-refractivity contribution in [1.29, 1.82) is 5.26 Å². The lowest BCUT2D eigenvalue weighted by Crippen LogP contribution is -2.72. The molecule has 2 aliphatic rings. The molecule has 1 spiro atoms. The first-order valence-electron chi connectivity index (χ1n) is 12.1. The van der Waals surface area contributed by atoms with Gasteiger partial charge in [-0.3, -0.25) is 9.69 Å². The number of carboxylic acids is 2. The molecule has 0 saturated carbocycles. The molecular weight excluding hydrogens is 578 g/mol. The number of carbonyl (C=O) groups excluding carboxylic acids is 1. The van der Waals surface area contributed by atoms with Gasteiger partial charge in [-0.15, -0.1) is 0 Å². The third-order valence-electron chi connectivity index (χ3n) is 6.44. The molecule has 2 aromatic rings. The molecule has 228 valence electrons. The number of piperidine rings is 1. The van der Waals surface area contributed by atoms with Crippen LogP contribution in [0.15, 0.2) is 48.7 Å². The number of nitrogens with zero attached hydrogens (tertiary/aromatic N) is 4. The van der Waals surface area contributed by atoms with Crippen molar-refractivity contribution in [1.82, 2.24) is 14.8 Å². The van der Waals surface area contributed by atoms with Crippen molar-refractivity contribution < 1.29 is 55.7 Å². The number of likely N-dealkylation sites (N-methyl/N-ethyl adjacent to an activating group) is 1. The molecule has 10 nitrogen and oxygen atoms in total. The first-order chi connectivity index (χ1) is 19.5. The van der Waals surface area contributed by atoms with Crippen molar-refractivity contribution in [3.63, 3.8) is 0 Å². The number of hydrogen-bond donors (Lipinski definition) is 2. The number of amides is 1. The molecular formula is C26H26F6N4O6. The molecule has 4 rings (SSSR count). The number of hydrogen-bond acceptors (Lipinski definition) is 7.